The molecule has 3 aromatic rings. The SMILES string of the molecule is Cc1cc(-c2[nH]c3ccc(OC4CCN(CCO)CC4)cc3c2C(C)C)cc(C)n1. The predicted molar refractivity (Wildman–Crippen MR) is 122 cm³/mol. The summed E-state index contributed by atoms with van der Waals surface area (Å²) >= 11 is 0. The number of ether oxygens (including phenoxy) is 1. The van der Waals surface area contributed by atoms with Crippen molar-refractivity contribution < 1.29 is 9.84 Å². The first-order valence-electron chi connectivity index (χ1n) is 11.1. The van der Waals surface area contributed by atoms with Crippen LogP contribution in [0, 0.1) is 13.8 Å². The quantitative estimate of drug-likeness (QED) is 0.616. The van der Waals surface area contributed by atoms with E-state index in [4.69, 9.17) is 9.84 Å². The molecule has 30 heavy (non-hydrogen) atoms. The summed E-state index contributed by atoms with van der Waals surface area (Å²) in [6.45, 7) is 11.6. The van der Waals surface area contributed by atoms with E-state index in [2.05, 4.69) is 59.0 Å². The van der Waals surface area contributed by atoms with Crippen LogP contribution in [0.15, 0.2) is 30.3 Å². The van der Waals surface area contributed by atoms with Crippen molar-refractivity contribution in [3.8, 4) is 17.0 Å². The number of hydrogen-bond acceptors (Lipinski definition) is 4. The monoisotopic (exact) mass is 407 g/mol. The molecule has 0 atom stereocenters. The maximum atomic E-state index is 9.13. The summed E-state index contributed by atoms with van der Waals surface area (Å²) in [5, 5.41) is 10.4. The Labute approximate surface area is 179 Å². The smallest absolute Gasteiger partial charge is 0.120 e. The van der Waals surface area contributed by atoms with Gasteiger partial charge in [-0.25, -0.2) is 0 Å². The number of hydrogen-bond donors (Lipinski definition) is 2. The molecule has 0 bridgehead atoms. The Bertz CT molecular complexity index is 996. The molecule has 0 unspecified atom stereocenters. The number of nitrogens with zero attached hydrogens (tertiary/aromatic N) is 2. The highest BCUT2D eigenvalue weighted by Gasteiger charge is 2.21. The van der Waals surface area contributed by atoms with E-state index >= 15 is 0 Å². The van der Waals surface area contributed by atoms with Crippen LogP contribution in [0.25, 0.3) is 22.2 Å². The number of rotatable bonds is 6. The van der Waals surface area contributed by atoms with E-state index in [-0.39, 0.29) is 12.7 Å². The van der Waals surface area contributed by atoms with Crippen LogP contribution in [0.2, 0.25) is 0 Å². The van der Waals surface area contributed by atoms with Crippen LogP contribution in [-0.4, -0.2) is 52.3 Å². The van der Waals surface area contributed by atoms with Crippen molar-refractivity contribution in [2.75, 3.05) is 26.2 Å². The lowest BCUT2D eigenvalue weighted by molar-refractivity contribution is 0.0890. The molecule has 0 radical (unpaired) electrons. The van der Waals surface area contributed by atoms with E-state index in [0.717, 1.165) is 55.1 Å². The van der Waals surface area contributed by atoms with E-state index in [9.17, 15) is 0 Å². The molecule has 0 amide bonds. The van der Waals surface area contributed by atoms with Gasteiger partial charge in [0.25, 0.3) is 0 Å². The number of aromatic amines is 1. The van der Waals surface area contributed by atoms with Gasteiger partial charge in [0, 0.05) is 47.5 Å². The molecule has 3 heterocycles. The van der Waals surface area contributed by atoms with E-state index < -0.39 is 0 Å². The van der Waals surface area contributed by atoms with Crippen LogP contribution in [0.3, 0.4) is 0 Å². The molecule has 2 aromatic heterocycles. The number of nitrogens with one attached hydrogen (secondary N) is 1. The third-order valence-electron chi connectivity index (χ3n) is 6.01. The van der Waals surface area contributed by atoms with Gasteiger partial charge in [-0.05, 0) is 68.5 Å². The van der Waals surface area contributed by atoms with Gasteiger partial charge in [-0.1, -0.05) is 13.8 Å². The summed E-state index contributed by atoms with van der Waals surface area (Å²) in [5.74, 6) is 1.33. The Morgan fingerprint density at radius 1 is 1.13 bits per heavy atom. The molecule has 1 fully saturated rings. The molecule has 2 N–H and O–H groups in total. The number of aromatic nitrogens is 2. The number of pyridine rings is 1. The van der Waals surface area contributed by atoms with Crippen molar-refractivity contribution in [1.29, 1.82) is 0 Å². The van der Waals surface area contributed by atoms with Crippen molar-refractivity contribution >= 4 is 10.9 Å². The molecule has 0 aliphatic carbocycles. The largest absolute Gasteiger partial charge is 0.490 e. The highest BCUT2D eigenvalue weighted by atomic mass is 16.5. The molecule has 0 spiro atoms. The molecule has 1 aliphatic rings. The van der Waals surface area contributed by atoms with E-state index in [1.54, 1.807) is 0 Å². The number of likely N-dealkylation sites (tertiary alicyclic amines) is 1. The molecule has 0 saturated carbocycles. The van der Waals surface area contributed by atoms with Crippen molar-refractivity contribution in [1.82, 2.24) is 14.9 Å². The predicted octanol–water partition coefficient (Wildman–Crippen LogP) is 4.81. The number of aliphatic hydroxyl groups excluding tert-OH is 1. The van der Waals surface area contributed by atoms with Crippen LogP contribution in [0.1, 0.15) is 49.6 Å². The number of benzene rings is 1. The van der Waals surface area contributed by atoms with Crippen LogP contribution in [0.5, 0.6) is 5.75 Å². The zero-order chi connectivity index (χ0) is 21.3. The van der Waals surface area contributed by atoms with Crippen LogP contribution in [-0.2, 0) is 0 Å². The molecule has 1 aromatic carbocycles. The van der Waals surface area contributed by atoms with Gasteiger partial charge in [-0.15, -0.1) is 0 Å². The van der Waals surface area contributed by atoms with Gasteiger partial charge in [0.15, 0.2) is 0 Å². The minimum absolute atomic E-state index is 0.229. The van der Waals surface area contributed by atoms with Gasteiger partial charge in [-0.3, -0.25) is 4.98 Å². The normalized spacial score (nSPS) is 15.9. The lowest BCUT2D eigenvalue weighted by atomic mass is 9.96. The Morgan fingerprint density at radius 3 is 2.47 bits per heavy atom. The van der Waals surface area contributed by atoms with Crippen molar-refractivity contribution in [3.05, 3.63) is 47.3 Å². The maximum Gasteiger partial charge on any atom is 0.120 e. The van der Waals surface area contributed by atoms with Gasteiger partial charge in [0.1, 0.15) is 11.9 Å². The summed E-state index contributed by atoms with van der Waals surface area (Å²) in [6.07, 6.45) is 2.25. The summed E-state index contributed by atoms with van der Waals surface area (Å²) in [5.41, 5.74) is 6.93. The van der Waals surface area contributed by atoms with Gasteiger partial charge in [0.05, 0.1) is 12.3 Å². The number of H-pyrrole nitrogens is 1. The number of piperidine rings is 1. The average Bonchev–Trinajstić information content (AvgIpc) is 3.08. The van der Waals surface area contributed by atoms with Crippen molar-refractivity contribution in [2.45, 2.75) is 52.6 Å². The van der Waals surface area contributed by atoms with Gasteiger partial charge < -0.3 is 19.7 Å². The number of aliphatic hydroxyl groups is 1. The highest BCUT2D eigenvalue weighted by molar-refractivity contribution is 5.92. The van der Waals surface area contributed by atoms with Crippen LogP contribution >= 0.6 is 0 Å². The van der Waals surface area contributed by atoms with Gasteiger partial charge in [-0.2, -0.15) is 0 Å². The molecular weight excluding hydrogens is 374 g/mol. The second-order valence-electron chi connectivity index (χ2n) is 8.80. The van der Waals surface area contributed by atoms with Crippen LogP contribution < -0.4 is 4.74 Å². The number of β-amino-alcohol motifs (C(OH)–C–C–N with tert-alkyl or cyclic N) is 1. The molecule has 4 rings (SSSR count). The lowest BCUT2D eigenvalue weighted by Gasteiger charge is -2.31. The lowest BCUT2D eigenvalue weighted by Crippen LogP contribution is -2.39. The fraction of sp³-hybridized carbons (Fsp3) is 0.480. The minimum atomic E-state index is 0.229. The standard InChI is InChI=1S/C25H33N3O2/c1-16(2)24-22-15-21(30-20-7-9-28(10-8-20)11-12-29)5-6-23(22)27-25(24)19-13-17(3)26-18(4)14-19/h5-6,13-16,20,27,29H,7-12H2,1-4H3. The van der Waals surface area contributed by atoms with Gasteiger partial charge in [0.2, 0.25) is 0 Å². The zero-order valence-corrected chi connectivity index (χ0v) is 18.5. The Kier molecular flexibility index (Phi) is 6.11. The highest BCUT2D eigenvalue weighted by Crippen LogP contribution is 2.37. The molecule has 5 heteroatoms. The minimum Gasteiger partial charge on any atom is -0.490 e. The number of aryl methyl sites for hydroxylation is 2. The van der Waals surface area contributed by atoms with Crippen molar-refractivity contribution in [3.63, 3.8) is 0 Å². The summed E-state index contributed by atoms with van der Waals surface area (Å²) in [4.78, 5) is 10.5. The Hall–Kier alpha value is -2.37. The van der Waals surface area contributed by atoms with Crippen LogP contribution in [0.4, 0.5) is 0 Å². The maximum absolute atomic E-state index is 9.13. The fourth-order valence-electron chi connectivity index (χ4n) is 4.66. The zero-order valence-electron chi connectivity index (χ0n) is 18.5. The second kappa shape index (κ2) is 8.78. The number of fused-ring (bicyclic) bond motifs is 1. The Morgan fingerprint density at radius 2 is 1.83 bits per heavy atom. The summed E-state index contributed by atoms with van der Waals surface area (Å²) < 4.78 is 6.36. The molecule has 160 valence electrons. The van der Waals surface area contributed by atoms with Crippen molar-refractivity contribution in [2.24, 2.45) is 0 Å². The first kappa shape index (κ1) is 20.9. The molecule has 1 aliphatic heterocycles. The molecular formula is C25H33N3O2. The molecule has 5 nitrogen and oxygen atoms in total. The average molecular weight is 408 g/mol. The molecule has 1 saturated heterocycles. The first-order valence-corrected chi connectivity index (χ1v) is 11.1. The first-order chi connectivity index (χ1) is 14.4. The Balaban J connectivity index is 1.63. The van der Waals surface area contributed by atoms with E-state index in [1.807, 2.05) is 13.8 Å². The van der Waals surface area contributed by atoms with E-state index in [1.165, 1.54) is 22.2 Å². The third-order valence-corrected chi connectivity index (χ3v) is 6.01. The fourth-order valence-corrected chi connectivity index (χ4v) is 4.66. The topological polar surface area (TPSA) is 61.4 Å². The summed E-state index contributed by atoms with van der Waals surface area (Å²) in [7, 11) is 0. The third kappa shape index (κ3) is 4.37. The second-order valence-corrected chi connectivity index (χ2v) is 8.80. The summed E-state index contributed by atoms with van der Waals surface area (Å²) in [6, 6.07) is 10.7. The van der Waals surface area contributed by atoms with E-state index in [0.29, 0.717) is 5.92 Å². The van der Waals surface area contributed by atoms with Gasteiger partial charge >= 0.3 is 0 Å².